The Morgan fingerprint density at radius 3 is 2.48 bits per heavy atom. The molecule has 0 aromatic rings. The van der Waals surface area contributed by atoms with E-state index in [4.69, 9.17) is 4.74 Å². The third kappa shape index (κ3) is 2.39. The van der Waals surface area contributed by atoms with E-state index in [1.807, 2.05) is 7.05 Å². The molecule has 7 atom stereocenters. The Balaban J connectivity index is 1.60. The summed E-state index contributed by atoms with van der Waals surface area (Å²) in [7, 11) is 2.02. The topological polar surface area (TPSA) is 46.6 Å². The van der Waals surface area contributed by atoms with Gasteiger partial charge in [0.1, 0.15) is 6.10 Å². The zero-order valence-electron chi connectivity index (χ0n) is 16.2. The number of likely N-dealkylation sites (tertiary alicyclic amines) is 1. The van der Waals surface area contributed by atoms with Crippen molar-refractivity contribution in [3.05, 3.63) is 0 Å². The average Bonchev–Trinajstić information content (AvgIpc) is 2.88. The summed E-state index contributed by atoms with van der Waals surface area (Å²) in [5.74, 6) is 2.34. The van der Waals surface area contributed by atoms with Gasteiger partial charge >= 0.3 is 5.97 Å². The molecule has 1 aliphatic heterocycles. The van der Waals surface area contributed by atoms with Gasteiger partial charge in [-0.15, -0.1) is 0 Å². The Labute approximate surface area is 151 Å². The molecule has 0 aromatic heterocycles. The quantitative estimate of drug-likeness (QED) is 0.678. The predicted molar refractivity (Wildman–Crippen MR) is 95.7 cm³/mol. The molecular formula is C21H33NO3. The molecule has 25 heavy (non-hydrogen) atoms. The maximum absolute atomic E-state index is 12.2. The highest BCUT2D eigenvalue weighted by Crippen LogP contribution is 2.65. The Hall–Kier alpha value is -1.06. The molecule has 4 heteroatoms. The van der Waals surface area contributed by atoms with Crippen molar-refractivity contribution in [3.8, 4) is 0 Å². The normalized spacial score (nSPS) is 49.2. The summed E-state index contributed by atoms with van der Waals surface area (Å²) in [6.45, 7) is 6.38. The van der Waals surface area contributed by atoms with Crippen LogP contribution in [0.1, 0.15) is 72.1 Å². The summed E-state index contributed by atoms with van der Waals surface area (Å²) in [6.07, 6.45) is 8.87. The second kappa shape index (κ2) is 5.72. The number of amides is 1. The van der Waals surface area contributed by atoms with E-state index in [9.17, 15) is 9.59 Å². The fraction of sp³-hybridized carbons (Fsp3) is 0.905. The Kier molecular flexibility index (Phi) is 3.97. The first kappa shape index (κ1) is 17.4. The highest BCUT2D eigenvalue weighted by molar-refractivity contribution is 5.77. The zero-order valence-corrected chi connectivity index (χ0v) is 16.2. The molecule has 140 valence electrons. The number of fused-ring (bicyclic) bond motifs is 5. The van der Waals surface area contributed by atoms with E-state index < -0.39 is 0 Å². The molecule has 0 radical (unpaired) electrons. The first-order valence-corrected chi connectivity index (χ1v) is 10.2. The van der Waals surface area contributed by atoms with Gasteiger partial charge in [0, 0.05) is 31.8 Å². The first-order chi connectivity index (χ1) is 11.8. The summed E-state index contributed by atoms with van der Waals surface area (Å²) < 4.78 is 5.73. The van der Waals surface area contributed by atoms with Gasteiger partial charge in [0.05, 0.1) is 0 Å². The molecule has 4 fully saturated rings. The molecular weight excluding hydrogens is 314 g/mol. The Morgan fingerprint density at radius 2 is 1.76 bits per heavy atom. The molecule has 1 saturated heterocycles. The number of esters is 1. The van der Waals surface area contributed by atoms with Gasteiger partial charge in [-0.25, -0.2) is 0 Å². The van der Waals surface area contributed by atoms with Gasteiger partial charge in [-0.2, -0.15) is 0 Å². The van der Waals surface area contributed by atoms with Crippen LogP contribution in [-0.4, -0.2) is 36.0 Å². The minimum absolute atomic E-state index is 0.108. The van der Waals surface area contributed by atoms with Crippen molar-refractivity contribution >= 4 is 11.9 Å². The molecule has 1 heterocycles. The maximum atomic E-state index is 12.2. The van der Waals surface area contributed by atoms with Crippen molar-refractivity contribution in [1.29, 1.82) is 0 Å². The van der Waals surface area contributed by atoms with Crippen LogP contribution in [0.5, 0.6) is 0 Å². The summed E-state index contributed by atoms with van der Waals surface area (Å²) >= 11 is 0. The van der Waals surface area contributed by atoms with Gasteiger partial charge in [0.15, 0.2) is 0 Å². The SMILES string of the molecule is CC(=O)OC1CC[C@H]2[C@@H]3CCC4N(C)C(=O)CC[C@]4(C)[C@@H]3CC[C@]12C. The van der Waals surface area contributed by atoms with Crippen molar-refractivity contribution < 1.29 is 14.3 Å². The number of carbonyl (C=O) groups is 2. The molecule has 0 spiro atoms. The summed E-state index contributed by atoms with van der Waals surface area (Å²) in [6, 6.07) is 0.421. The van der Waals surface area contributed by atoms with Crippen LogP contribution in [-0.2, 0) is 14.3 Å². The molecule has 3 saturated carbocycles. The molecule has 4 rings (SSSR count). The van der Waals surface area contributed by atoms with E-state index in [0.29, 0.717) is 24.3 Å². The number of piperidine rings is 1. The molecule has 0 N–H and O–H groups in total. The lowest BCUT2D eigenvalue weighted by Gasteiger charge is -2.61. The summed E-state index contributed by atoms with van der Waals surface area (Å²) in [4.78, 5) is 25.8. The van der Waals surface area contributed by atoms with Crippen LogP contribution >= 0.6 is 0 Å². The highest BCUT2D eigenvalue weighted by Gasteiger charge is 2.61. The van der Waals surface area contributed by atoms with Gasteiger partial charge in [0.2, 0.25) is 5.91 Å². The van der Waals surface area contributed by atoms with Crippen molar-refractivity contribution in [2.75, 3.05) is 7.05 Å². The van der Waals surface area contributed by atoms with E-state index in [1.165, 1.54) is 19.3 Å². The first-order valence-electron chi connectivity index (χ1n) is 10.2. The van der Waals surface area contributed by atoms with Gasteiger partial charge in [-0.1, -0.05) is 13.8 Å². The van der Waals surface area contributed by atoms with E-state index in [0.717, 1.165) is 37.5 Å². The van der Waals surface area contributed by atoms with Crippen LogP contribution in [0.15, 0.2) is 0 Å². The molecule has 0 aromatic carbocycles. The van der Waals surface area contributed by atoms with Crippen molar-refractivity contribution in [2.45, 2.75) is 84.3 Å². The zero-order chi connectivity index (χ0) is 18.0. The third-order valence-corrected chi connectivity index (χ3v) is 8.78. The molecule has 0 bridgehead atoms. The van der Waals surface area contributed by atoms with Crippen LogP contribution < -0.4 is 0 Å². The van der Waals surface area contributed by atoms with Crippen LogP contribution in [0.4, 0.5) is 0 Å². The van der Waals surface area contributed by atoms with E-state index in [1.54, 1.807) is 6.92 Å². The summed E-state index contributed by atoms with van der Waals surface area (Å²) in [5.41, 5.74) is 0.429. The van der Waals surface area contributed by atoms with Crippen molar-refractivity contribution in [3.63, 3.8) is 0 Å². The second-order valence-corrected chi connectivity index (χ2v) is 9.70. The molecule has 4 aliphatic rings. The van der Waals surface area contributed by atoms with Crippen molar-refractivity contribution in [1.82, 2.24) is 4.90 Å². The fourth-order valence-electron chi connectivity index (χ4n) is 7.50. The van der Waals surface area contributed by atoms with Gasteiger partial charge < -0.3 is 9.64 Å². The van der Waals surface area contributed by atoms with Gasteiger partial charge in [-0.3, -0.25) is 9.59 Å². The van der Waals surface area contributed by atoms with E-state index >= 15 is 0 Å². The monoisotopic (exact) mass is 347 g/mol. The molecule has 4 nitrogen and oxygen atoms in total. The number of hydrogen-bond acceptors (Lipinski definition) is 3. The summed E-state index contributed by atoms with van der Waals surface area (Å²) in [5, 5.41) is 0. The largest absolute Gasteiger partial charge is 0.462 e. The van der Waals surface area contributed by atoms with Gasteiger partial charge in [-0.05, 0) is 68.1 Å². The van der Waals surface area contributed by atoms with E-state index in [2.05, 4.69) is 18.7 Å². The highest BCUT2D eigenvalue weighted by atomic mass is 16.5. The minimum Gasteiger partial charge on any atom is -0.462 e. The fourth-order valence-corrected chi connectivity index (χ4v) is 7.50. The Morgan fingerprint density at radius 1 is 1.04 bits per heavy atom. The van der Waals surface area contributed by atoms with Crippen LogP contribution in [0, 0.1) is 28.6 Å². The standard InChI is InChI=1S/C21H33NO3/c1-13(23)25-18-8-6-15-14-5-7-17-20(2,12-10-19(24)22(17)4)16(14)9-11-21(15,18)3/h14-18H,5-12H2,1-4H3/t14-,15-,16+,17?,18?,20+,21-/m0/s1. The number of hydrogen-bond donors (Lipinski definition) is 0. The predicted octanol–water partition coefficient (Wildman–Crippen LogP) is 3.78. The second-order valence-electron chi connectivity index (χ2n) is 9.70. The van der Waals surface area contributed by atoms with Gasteiger partial charge in [0.25, 0.3) is 0 Å². The van der Waals surface area contributed by atoms with Crippen LogP contribution in [0.2, 0.25) is 0 Å². The lowest BCUT2D eigenvalue weighted by atomic mass is 9.47. The number of nitrogens with zero attached hydrogens (tertiary/aromatic N) is 1. The number of carbonyl (C=O) groups excluding carboxylic acids is 2. The number of ether oxygens (including phenoxy) is 1. The average molecular weight is 347 g/mol. The maximum Gasteiger partial charge on any atom is 0.302 e. The Bertz CT molecular complexity index is 590. The molecule has 2 unspecified atom stereocenters. The number of rotatable bonds is 1. The van der Waals surface area contributed by atoms with Crippen molar-refractivity contribution in [2.24, 2.45) is 28.6 Å². The van der Waals surface area contributed by atoms with Crippen LogP contribution in [0.3, 0.4) is 0 Å². The smallest absolute Gasteiger partial charge is 0.302 e. The lowest BCUT2D eigenvalue weighted by Crippen LogP contribution is -2.61. The lowest BCUT2D eigenvalue weighted by molar-refractivity contribution is -0.167. The van der Waals surface area contributed by atoms with Crippen LogP contribution in [0.25, 0.3) is 0 Å². The minimum atomic E-state index is -0.128. The molecule has 3 aliphatic carbocycles. The molecule has 1 amide bonds. The third-order valence-electron chi connectivity index (χ3n) is 8.78. The van der Waals surface area contributed by atoms with E-state index in [-0.39, 0.29) is 22.9 Å².